The summed E-state index contributed by atoms with van der Waals surface area (Å²) >= 11 is 0. The molecule has 0 aliphatic rings. The van der Waals surface area contributed by atoms with E-state index in [-0.39, 0.29) is 6.10 Å². The van der Waals surface area contributed by atoms with Gasteiger partial charge in [-0.05, 0) is 11.5 Å². The molecular formula is C14H17NO2. The molecule has 0 radical (unpaired) electrons. The van der Waals surface area contributed by atoms with Gasteiger partial charge < -0.3 is 15.2 Å². The van der Waals surface area contributed by atoms with Crippen LogP contribution in [0, 0.1) is 0 Å². The maximum Gasteiger partial charge on any atom is 0.134 e. The van der Waals surface area contributed by atoms with Crippen LogP contribution in [-0.2, 0) is 4.74 Å². The number of ether oxygens (including phenoxy) is 2. The molecule has 0 saturated heterocycles. The zero-order valence-electron chi connectivity index (χ0n) is 9.93. The van der Waals surface area contributed by atoms with E-state index in [1.807, 2.05) is 30.3 Å². The van der Waals surface area contributed by atoms with Crippen molar-refractivity contribution in [3.8, 4) is 5.75 Å². The number of methoxy groups -OCH3 is 1. The summed E-state index contributed by atoms with van der Waals surface area (Å²) in [6, 6.07) is 14.1. The lowest BCUT2D eigenvalue weighted by Gasteiger charge is -2.17. The van der Waals surface area contributed by atoms with E-state index in [9.17, 15) is 0 Å². The van der Waals surface area contributed by atoms with Gasteiger partial charge in [0.2, 0.25) is 0 Å². The lowest BCUT2D eigenvalue weighted by atomic mass is 10.1. The quantitative estimate of drug-likeness (QED) is 0.858. The van der Waals surface area contributed by atoms with E-state index in [2.05, 4.69) is 12.1 Å². The zero-order valence-corrected chi connectivity index (χ0v) is 9.93. The van der Waals surface area contributed by atoms with Crippen molar-refractivity contribution in [2.75, 3.05) is 20.3 Å². The van der Waals surface area contributed by atoms with Crippen molar-refractivity contribution >= 4 is 10.8 Å². The third kappa shape index (κ3) is 2.75. The summed E-state index contributed by atoms with van der Waals surface area (Å²) in [6.45, 7) is 0.941. The van der Waals surface area contributed by atoms with Crippen molar-refractivity contribution in [1.82, 2.24) is 0 Å². The summed E-state index contributed by atoms with van der Waals surface area (Å²) in [7, 11) is 1.65. The SMILES string of the molecule is COCC(CN)Oc1cccc2ccccc12. The first-order valence-corrected chi connectivity index (χ1v) is 5.68. The van der Waals surface area contributed by atoms with Crippen LogP contribution in [0.15, 0.2) is 42.5 Å². The van der Waals surface area contributed by atoms with Crippen molar-refractivity contribution in [2.24, 2.45) is 5.73 Å². The molecule has 0 fully saturated rings. The average molecular weight is 231 g/mol. The standard InChI is InChI=1S/C14H17NO2/c1-16-10-12(9-15)17-14-8-4-6-11-5-2-3-7-13(11)14/h2-8,12H,9-10,15H2,1H3. The monoisotopic (exact) mass is 231 g/mol. The van der Waals surface area contributed by atoms with Crippen molar-refractivity contribution in [3.63, 3.8) is 0 Å². The maximum atomic E-state index is 5.87. The highest BCUT2D eigenvalue weighted by molar-refractivity contribution is 5.88. The van der Waals surface area contributed by atoms with Gasteiger partial charge in [-0.25, -0.2) is 0 Å². The summed E-state index contributed by atoms with van der Waals surface area (Å²) < 4.78 is 10.9. The highest BCUT2D eigenvalue weighted by Gasteiger charge is 2.09. The fourth-order valence-corrected chi connectivity index (χ4v) is 1.81. The lowest BCUT2D eigenvalue weighted by Crippen LogP contribution is -2.31. The number of fused-ring (bicyclic) bond motifs is 1. The van der Waals surface area contributed by atoms with Crippen LogP contribution in [0.25, 0.3) is 10.8 Å². The van der Waals surface area contributed by atoms with E-state index in [0.29, 0.717) is 13.2 Å². The Bertz CT molecular complexity index is 479. The molecular weight excluding hydrogens is 214 g/mol. The molecule has 2 aromatic rings. The van der Waals surface area contributed by atoms with Crippen LogP contribution in [0.1, 0.15) is 0 Å². The second kappa shape index (κ2) is 5.66. The molecule has 0 amide bonds. The smallest absolute Gasteiger partial charge is 0.134 e. The largest absolute Gasteiger partial charge is 0.486 e. The van der Waals surface area contributed by atoms with Gasteiger partial charge in [0.15, 0.2) is 0 Å². The summed E-state index contributed by atoms with van der Waals surface area (Å²) in [5.74, 6) is 0.857. The fourth-order valence-electron chi connectivity index (χ4n) is 1.81. The average Bonchev–Trinajstić information content (AvgIpc) is 2.38. The third-order valence-electron chi connectivity index (χ3n) is 2.66. The highest BCUT2D eigenvalue weighted by Crippen LogP contribution is 2.25. The Kier molecular flexibility index (Phi) is 3.96. The first-order chi connectivity index (χ1) is 8.35. The number of benzene rings is 2. The lowest BCUT2D eigenvalue weighted by molar-refractivity contribution is 0.0871. The van der Waals surface area contributed by atoms with E-state index >= 15 is 0 Å². The minimum atomic E-state index is -0.106. The Morgan fingerprint density at radius 1 is 1.12 bits per heavy atom. The Morgan fingerprint density at radius 2 is 1.88 bits per heavy atom. The van der Waals surface area contributed by atoms with Crippen LogP contribution < -0.4 is 10.5 Å². The van der Waals surface area contributed by atoms with Crippen molar-refractivity contribution in [1.29, 1.82) is 0 Å². The van der Waals surface area contributed by atoms with Crippen LogP contribution in [0.5, 0.6) is 5.75 Å². The normalized spacial score (nSPS) is 12.6. The van der Waals surface area contributed by atoms with Gasteiger partial charge in [-0.15, -0.1) is 0 Å². The van der Waals surface area contributed by atoms with E-state index in [1.165, 1.54) is 0 Å². The molecule has 3 heteroatoms. The van der Waals surface area contributed by atoms with Crippen LogP contribution in [0.4, 0.5) is 0 Å². The predicted octanol–water partition coefficient (Wildman–Crippen LogP) is 2.19. The first kappa shape index (κ1) is 11.9. The van der Waals surface area contributed by atoms with Gasteiger partial charge in [-0.3, -0.25) is 0 Å². The van der Waals surface area contributed by atoms with E-state index < -0.39 is 0 Å². The molecule has 2 N–H and O–H groups in total. The van der Waals surface area contributed by atoms with Gasteiger partial charge in [0.25, 0.3) is 0 Å². The molecule has 0 bridgehead atoms. The van der Waals surface area contributed by atoms with E-state index in [0.717, 1.165) is 16.5 Å². The van der Waals surface area contributed by atoms with Crippen LogP contribution in [0.2, 0.25) is 0 Å². The third-order valence-corrected chi connectivity index (χ3v) is 2.66. The van der Waals surface area contributed by atoms with Gasteiger partial charge >= 0.3 is 0 Å². The maximum absolute atomic E-state index is 5.87. The molecule has 17 heavy (non-hydrogen) atoms. The number of hydrogen-bond donors (Lipinski definition) is 1. The minimum Gasteiger partial charge on any atom is -0.486 e. The topological polar surface area (TPSA) is 44.5 Å². The Morgan fingerprint density at radius 3 is 2.65 bits per heavy atom. The van der Waals surface area contributed by atoms with Gasteiger partial charge in [-0.2, -0.15) is 0 Å². The van der Waals surface area contributed by atoms with Crippen LogP contribution >= 0.6 is 0 Å². The summed E-state index contributed by atoms with van der Waals surface area (Å²) in [4.78, 5) is 0. The van der Waals surface area contributed by atoms with Gasteiger partial charge in [0.1, 0.15) is 11.9 Å². The van der Waals surface area contributed by atoms with Crippen molar-refractivity contribution in [3.05, 3.63) is 42.5 Å². The molecule has 2 rings (SSSR count). The molecule has 0 aliphatic carbocycles. The van der Waals surface area contributed by atoms with Gasteiger partial charge in [-0.1, -0.05) is 36.4 Å². The first-order valence-electron chi connectivity index (χ1n) is 5.68. The summed E-state index contributed by atoms with van der Waals surface area (Å²) in [5, 5.41) is 2.27. The Hall–Kier alpha value is -1.58. The van der Waals surface area contributed by atoms with Crippen LogP contribution in [0.3, 0.4) is 0 Å². The molecule has 3 nitrogen and oxygen atoms in total. The van der Waals surface area contributed by atoms with Crippen LogP contribution in [-0.4, -0.2) is 26.4 Å². The second-order valence-electron chi connectivity index (χ2n) is 3.91. The Balaban J connectivity index is 2.28. The van der Waals surface area contributed by atoms with Crippen molar-refractivity contribution in [2.45, 2.75) is 6.10 Å². The molecule has 0 aliphatic heterocycles. The molecule has 0 spiro atoms. The molecule has 1 atom stereocenters. The second-order valence-corrected chi connectivity index (χ2v) is 3.91. The van der Waals surface area contributed by atoms with E-state index in [1.54, 1.807) is 7.11 Å². The molecule has 0 heterocycles. The molecule has 0 saturated carbocycles. The highest BCUT2D eigenvalue weighted by atomic mass is 16.5. The molecule has 1 unspecified atom stereocenters. The number of nitrogens with two attached hydrogens (primary N) is 1. The van der Waals surface area contributed by atoms with E-state index in [4.69, 9.17) is 15.2 Å². The van der Waals surface area contributed by atoms with Gasteiger partial charge in [0, 0.05) is 19.0 Å². The zero-order chi connectivity index (χ0) is 12.1. The summed E-state index contributed by atoms with van der Waals surface area (Å²) in [6.07, 6.45) is -0.106. The minimum absolute atomic E-state index is 0.106. The Labute approximate surface area is 101 Å². The molecule has 90 valence electrons. The van der Waals surface area contributed by atoms with Gasteiger partial charge in [0.05, 0.1) is 6.61 Å². The number of rotatable bonds is 5. The molecule has 0 aromatic heterocycles. The van der Waals surface area contributed by atoms with Crippen molar-refractivity contribution < 1.29 is 9.47 Å². The predicted molar refractivity (Wildman–Crippen MR) is 69.3 cm³/mol. The number of hydrogen-bond acceptors (Lipinski definition) is 3. The molecule has 2 aromatic carbocycles. The fraction of sp³-hybridized carbons (Fsp3) is 0.286. The summed E-state index contributed by atoms with van der Waals surface area (Å²) in [5.41, 5.74) is 5.65.